The molecular formula is C29H35ClN2O5. The Kier molecular flexibility index (Phi) is 8.33. The molecule has 1 N–H and O–H groups in total. The fraction of sp³-hybridized carbons (Fsp3) is 0.517. The molecule has 0 radical (unpaired) electrons. The molecule has 1 aliphatic carbocycles. The fourth-order valence-corrected chi connectivity index (χ4v) is 5.90. The van der Waals surface area contributed by atoms with Crippen LogP contribution in [0.15, 0.2) is 42.5 Å². The van der Waals surface area contributed by atoms with E-state index in [2.05, 4.69) is 39.1 Å². The zero-order valence-corrected chi connectivity index (χ0v) is 22.6. The van der Waals surface area contributed by atoms with E-state index in [4.69, 9.17) is 35.8 Å². The Morgan fingerprint density at radius 3 is 2.32 bits per heavy atom. The van der Waals surface area contributed by atoms with Gasteiger partial charge in [0.2, 0.25) is 0 Å². The third-order valence-electron chi connectivity index (χ3n) is 7.34. The van der Waals surface area contributed by atoms with Crippen molar-refractivity contribution in [3.63, 3.8) is 0 Å². The van der Waals surface area contributed by atoms with E-state index >= 15 is 0 Å². The average molecular weight is 527 g/mol. The summed E-state index contributed by atoms with van der Waals surface area (Å²) >= 11 is 6.18. The molecule has 0 atom stereocenters. The van der Waals surface area contributed by atoms with Crippen LogP contribution >= 0.6 is 11.6 Å². The second-order valence-corrected chi connectivity index (χ2v) is 11.2. The van der Waals surface area contributed by atoms with Crippen molar-refractivity contribution in [2.75, 3.05) is 19.8 Å². The van der Waals surface area contributed by atoms with Crippen molar-refractivity contribution in [2.24, 2.45) is 10.8 Å². The van der Waals surface area contributed by atoms with Gasteiger partial charge in [0.15, 0.2) is 6.29 Å². The molecule has 2 aromatic carbocycles. The molecule has 37 heavy (non-hydrogen) atoms. The van der Waals surface area contributed by atoms with E-state index in [0.29, 0.717) is 41.7 Å². The highest BCUT2D eigenvalue weighted by atomic mass is 35.5. The number of hydrogen-bond acceptors (Lipinski definition) is 6. The van der Waals surface area contributed by atoms with E-state index in [1.165, 1.54) is 0 Å². The molecule has 0 unspecified atom stereocenters. The normalized spacial score (nSPS) is 22.1. The van der Waals surface area contributed by atoms with Crippen LogP contribution < -0.4 is 14.8 Å². The van der Waals surface area contributed by atoms with Crippen LogP contribution in [0.1, 0.15) is 62.9 Å². The van der Waals surface area contributed by atoms with Gasteiger partial charge in [0.25, 0.3) is 5.91 Å². The first-order valence-electron chi connectivity index (χ1n) is 12.8. The topological polar surface area (TPSA) is 89.8 Å². The Labute approximate surface area is 224 Å². The van der Waals surface area contributed by atoms with Gasteiger partial charge in [-0.1, -0.05) is 39.3 Å². The van der Waals surface area contributed by atoms with Gasteiger partial charge in [0.1, 0.15) is 23.7 Å². The SMILES string of the molecule is CC1(C)[C@H](NC(=O)c2ccc(OCCCCC3OCCO3)cc2)C(C)(C)[C@H]1Oc1ccc(C#N)c(Cl)c1. The maximum absolute atomic E-state index is 13.1. The number of unbranched alkanes of at least 4 members (excludes halogenated alkanes) is 1. The second-order valence-electron chi connectivity index (χ2n) is 10.8. The molecule has 2 fully saturated rings. The lowest BCUT2D eigenvalue weighted by molar-refractivity contribution is -0.164. The first kappa shape index (κ1) is 27.3. The summed E-state index contributed by atoms with van der Waals surface area (Å²) in [5.74, 6) is 1.22. The van der Waals surface area contributed by atoms with Crippen molar-refractivity contribution in [3.05, 3.63) is 58.6 Å². The van der Waals surface area contributed by atoms with Gasteiger partial charge in [-0.05, 0) is 55.7 Å². The van der Waals surface area contributed by atoms with Crippen LogP contribution in [0.4, 0.5) is 0 Å². The second kappa shape index (κ2) is 11.3. The van der Waals surface area contributed by atoms with Crippen molar-refractivity contribution in [3.8, 4) is 17.6 Å². The van der Waals surface area contributed by atoms with E-state index in [1.54, 1.807) is 30.3 Å². The van der Waals surface area contributed by atoms with Gasteiger partial charge in [-0.2, -0.15) is 5.26 Å². The molecule has 1 amide bonds. The number of nitrogens with one attached hydrogen (secondary N) is 1. The third kappa shape index (κ3) is 6.04. The standard InChI is InChI=1S/C29H35ClN2O5/c1-28(2)26(29(3,4)27(28)37-22-13-10-20(18-31)23(30)17-22)32-25(33)19-8-11-21(12-9-19)34-14-6-5-7-24-35-15-16-36-24/h8-13,17,24,26-27H,5-7,14-16H2,1-4H3,(H,32,33)/t26-,27-. The van der Waals surface area contributed by atoms with Crippen LogP contribution in [-0.2, 0) is 9.47 Å². The molecule has 7 nitrogen and oxygen atoms in total. The van der Waals surface area contributed by atoms with Crippen molar-refractivity contribution >= 4 is 17.5 Å². The summed E-state index contributed by atoms with van der Waals surface area (Å²) in [7, 11) is 0. The van der Waals surface area contributed by atoms with Gasteiger partial charge in [-0.15, -0.1) is 0 Å². The minimum atomic E-state index is -0.322. The molecule has 4 rings (SSSR count). The van der Waals surface area contributed by atoms with Gasteiger partial charge in [0.05, 0.1) is 30.4 Å². The van der Waals surface area contributed by atoms with Gasteiger partial charge < -0.3 is 24.3 Å². The van der Waals surface area contributed by atoms with Crippen LogP contribution in [-0.4, -0.2) is 44.2 Å². The van der Waals surface area contributed by atoms with E-state index in [1.807, 2.05) is 12.1 Å². The number of nitriles is 1. The Morgan fingerprint density at radius 1 is 1.05 bits per heavy atom. The van der Waals surface area contributed by atoms with Gasteiger partial charge >= 0.3 is 0 Å². The number of ether oxygens (including phenoxy) is 4. The van der Waals surface area contributed by atoms with Crippen LogP contribution in [0.25, 0.3) is 0 Å². The summed E-state index contributed by atoms with van der Waals surface area (Å²) in [6.07, 6.45) is 2.54. The maximum Gasteiger partial charge on any atom is 0.251 e. The Morgan fingerprint density at radius 2 is 1.70 bits per heavy atom. The van der Waals surface area contributed by atoms with Crippen molar-refractivity contribution in [1.29, 1.82) is 5.26 Å². The minimum Gasteiger partial charge on any atom is -0.494 e. The van der Waals surface area contributed by atoms with Crippen LogP contribution in [0, 0.1) is 22.2 Å². The lowest BCUT2D eigenvalue weighted by atomic mass is 9.49. The summed E-state index contributed by atoms with van der Waals surface area (Å²) in [6.45, 7) is 10.3. The number of rotatable bonds is 10. The number of hydrogen-bond donors (Lipinski definition) is 1. The van der Waals surface area contributed by atoms with Crippen molar-refractivity contribution < 1.29 is 23.7 Å². The Bertz CT molecular complexity index is 1120. The van der Waals surface area contributed by atoms with E-state index in [-0.39, 0.29) is 35.2 Å². The minimum absolute atomic E-state index is 0.0697. The third-order valence-corrected chi connectivity index (χ3v) is 7.65. The van der Waals surface area contributed by atoms with Gasteiger partial charge in [0, 0.05) is 28.5 Å². The molecule has 0 bridgehead atoms. The molecule has 8 heteroatoms. The lowest BCUT2D eigenvalue weighted by Gasteiger charge is -2.63. The summed E-state index contributed by atoms with van der Waals surface area (Å²) in [6, 6.07) is 14.3. The first-order chi connectivity index (χ1) is 17.6. The van der Waals surface area contributed by atoms with E-state index in [0.717, 1.165) is 25.0 Å². The van der Waals surface area contributed by atoms with Crippen LogP contribution in [0.2, 0.25) is 5.02 Å². The molecule has 2 aromatic rings. The number of nitrogens with zero attached hydrogens (tertiary/aromatic N) is 1. The fourth-order valence-electron chi connectivity index (χ4n) is 5.69. The molecule has 0 spiro atoms. The highest BCUT2D eigenvalue weighted by Crippen LogP contribution is 2.55. The smallest absolute Gasteiger partial charge is 0.251 e. The quantitative estimate of drug-likeness (QED) is 0.397. The predicted octanol–water partition coefficient (Wildman–Crippen LogP) is 5.75. The average Bonchev–Trinajstić information content (AvgIpc) is 3.39. The first-order valence-corrected chi connectivity index (χ1v) is 13.1. The molecule has 1 heterocycles. The van der Waals surface area contributed by atoms with E-state index in [9.17, 15) is 4.79 Å². The van der Waals surface area contributed by atoms with Gasteiger partial charge in [-0.25, -0.2) is 0 Å². The highest BCUT2D eigenvalue weighted by Gasteiger charge is 2.64. The molecule has 198 valence electrons. The summed E-state index contributed by atoms with van der Waals surface area (Å²) in [4.78, 5) is 13.1. The number of amides is 1. The highest BCUT2D eigenvalue weighted by molar-refractivity contribution is 6.31. The monoisotopic (exact) mass is 526 g/mol. The summed E-state index contributed by atoms with van der Waals surface area (Å²) in [5, 5.41) is 12.7. The molecule has 2 aliphatic rings. The van der Waals surface area contributed by atoms with Crippen molar-refractivity contribution in [2.45, 2.75) is 65.4 Å². The number of carbonyl (C=O) groups is 1. The van der Waals surface area contributed by atoms with Crippen molar-refractivity contribution in [1.82, 2.24) is 5.32 Å². The van der Waals surface area contributed by atoms with Gasteiger partial charge in [-0.3, -0.25) is 4.79 Å². The summed E-state index contributed by atoms with van der Waals surface area (Å²) in [5.41, 5.74) is 0.346. The van der Waals surface area contributed by atoms with Crippen LogP contribution in [0.5, 0.6) is 11.5 Å². The molecule has 1 saturated heterocycles. The van der Waals surface area contributed by atoms with E-state index < -0.39 is 0 Å². The number of carbonyl (C=O) groups excluding carboxylic acids is 1. The molecule has 1 aliphatic heterocycles. The number of halogens is 1. The zero-order valence-electron chi connectivity index (χ0n) is 21.9. The predicted molar refractivity (Wildman–Crippen MR) is 141 cm³/mol. The number of benzene rings is 2. The maximum atomic E-state index is 13.1. The summed E-state index contributed by atoms with van der Waals surface area (Å²) < 4.78 is 23.0. The lowest BCUT2D eigenvalue weighted by Crippen LogP contribution is -2.74. The zero-order chi connectivity index (χ0) is 26.6. The molecular weight excluding hydrogens is 492 g/mol. The molecule has 0 aromatic heterocycles. The van der Waals surface area contributed by atoms with Crippen LogP contribution in [0.3, 0.4) is 0 Å². The largest absolute Gasteiger partial charge is 0.494 e. The molecule has 1 saturated carbocycles. The Balaban J connectivity index is 1.28. The Hall–Kier alpha value is -2.79.